The van der Waals surface area contributed by atoms with E-state index >= 15 is 0 Å². The van der Waals surface area contributed by atoms with Crippen LogP contribution < -0.4 is 16.4 Å². The molecule has 1 aromatic carbocycles. The molecule has 8 nitrogen and oxygen atoms in total. The first kappa shape index (κ1) is 20.8. The van der Waals surface area contributed by atoms with Crippen LogP contribution in [0.3, 0.4) is 0 Å². The Hall–Kier alpha value is -2.91. The molecule has 0 radical (unpaired) electrons. The largest absolute Gasteiger partial charge is 0.449 e. The molecule has 0 bridgehead atoms. The Kier molecular flexibility index (Phi) is 6.50. The SMILES string of the molecule is CC(OC(=O)c1ccccc1NCCO)C(=O)Nc1sc2c(c1C(N)=O)CCC2. The molecule has 5 N–H and O–H groups in total. The molecule has 1 aliphatic carbocycles. The summed E-state index contributed by atoms with van der Waals surface area (Å²) in [6.45, 7) is 1.65. The van der Waals surface area contributed by atoms with Crippen molar-refractivity contribution in [3.63, 3.8) is 0 Å². The van der Waals surface area contributed by atoms with Gasteiger partial charge in [-0.25, -0.2) is 4.79 Å². The smallest absolute Gasteiger partial charge is 0.341 e. The van der Waals surface area contributed by atoms with E-state index in [1.54, 1.807) is 24.3 Å². The minimum atomic E-state index is -1.08. The highest BCUT2D eigenvalue weighted by Gasteiger charge is 2.28. The number of fused-ring (bicyclic) bond motifs is 1. The topological polar surface area (TPSA) is 131 Å². The monoisotopic (exact) mass is 417 g/mol. The van der Waals surface area contributed by atoms with Gasteiger partial charge in [0.25, 0.3) is 11.8 Å². The van der Waals surface area contributed by atoms with E-state index in [9.17, 15) is 14.4 Å². The molecule has 1 unspecified atom stereocenters. The molecule has 0 spiro atoms. The Balaban J connectivity index is 1.69. The Morgan fingerprint density at radius 3 is 2.76 bits per heavy atom. The maximum Gasteiger partial charge on any atom is 0.341 e. The van der Waals surface area contributed by atoms with Gasteiger partial charge in [-0.1, -0.05) is 12.1 Å². The third-order valence-corrected chi connectivity index (χ3v) is 5.84. The number of para-hydroxylation sites is 1. The standard InChI is InChI=1S/C20H23N3O5S/c1-11(28-20(27)12-5-2-3-7-14(12)22-9-10-24)18(26)23-19-16(17(21)25)13-6-4-8-15(13)29-19/h2-3,5,7,11,22,24H,4,6,8-10H2,1H3,(H2,21,25)(H,23,26). The number of aliphatic hydroxyl groups is 1. The average Bonchev–Trinajstić information content (AvgIpc) is 3.26. The molecule has 0 aliphatic heterocycles. The number of aryl methyl sites for hydroxylation is 1. The number of anilines is 2. The first-order valence-corrected chi connectivity index (χ1v) is 10.1. The molecule has 154 valence electrons. The van der Waals surface area contributed by atoms with Gasteiger partial charge in [-0.05, 0) is 43.9 Å². The highest BCUT2D eigenvalue weighted by atomic mass is 32.1. The van der Waals surface area contributed by atoms with E-state index in [4.69, 9.17) is 15.6 Å². The van der Waals surface area contributed by atoms with Crippen LogP contribution in [-0.2, 0) is 22.4 Å². The van der Waals surface area contributed by atoms with Crippen LogP contribution in [0.4, 0.5) is 10.7 Å². The molecule has 0 saturated carbocycles. The molecule has 2 aromatic rings. The quantitative estimate of drug-likeness (QED) is 0.486. The van der Waals surface area contributed by atoms with Crippen LogP contribution >= 0.6 is 11.3 Å². The molecule has 1 atom stereocenters. The Bertz CT molecular complexity index is 940. The summed E-state index contributed by atoms with van der Waals surface area (Å²) in [6.07, 6.45) is 1.51. The summed E-state index contributed by atoms with van der Waals surface area (Å²) in [5, 5.41) is 15.0. The number of esters is 1. The summed E-state index contributed by atoms with van der Waals surface area (Å²) in [4.78, 5) is 38.0. The van der Waals surface area contributed by atoms with Crippen molar-refractivity contribution in [3.05, 3.63) is 45.8 Å². The number of carbonyl (C=O) groups excluding carboxylic acids is 3. The zero-order chi connectivity index (χ0) is 21.0. The molecule has 9 heteroatoms. The molecule has 0 fully saturated rings. The maximum absolute atomic E-state index is 12.6. The molecule has 29 heavy (non-hydrogen) atoms. The van der Waals surface area contributed by atoms with Gasteiger partial charge in [0.1, 0.15) is 5.00 Å². The minimum absolute atomic E-state index is 0.0881. The van der Waals surface area contributed by atoms with E-state index in [1.807, 2.05) is 0 Å². The summed E-state index contributed by atoms with van der Waals surface area (Å²) < 4.78 is 5.30. The Labute approximate surface area is 172 Å². The Morgan fingerprint density at radius 2 is 2.03 bits per heavy atom. The third kappa shape index (κ3) is 4.57. The summed E-state index contributed by atoms with van der Waals surface area (Å²) >= 11 is 1.34. The lowest BCUT2D eigenvalue weighted by Gasteiger charge is -2.15. The number of nitrogens with one attached hydrogen (secondary N) is 2. The van der Waals surface area contributed by atoms with Crippen molar-refractivity contribution >= 4 is 39.8 Å². The fourth-order valence-electron chi connectivity index (χ4n) is 3.25. The van der Waals surface area contributed by atoms with Crippen molar-refractivity contribution in [2.45, 2.75) is 32.3 Å². The van der Waals surface area contributed by atoms with Gasteiger partial charge in [0, 0.05) is 17.1 Å². The second kappa shape index (κ2) is 9.06. The summed E-state index contributed by atoms with van der Waals surface area (Å²) in [6, 6.07) is 6.68. The van der Waals surface area contributed by atoms with Crippen LogP contribution in [0.25, 0.3) is 0 Å². The van der Waals surface area contributed by atoms with Crippen LogP contribution in [0.5, 0.6) is 0 Å². The van der Waals surface area contributed by atoms with E-state index < -0.39 is 23.9 Å². The molecule has 2 amide bonds. The number of aliphatic hydroxyl groups excluding tert-OH is 1. The molecular formula is C20H23N3O5S. The first-order chi connectivity index (χ1) is 13.9. The van der Waals surface area contributed by atoms with Gasteiger partial charge in [-0.2, -0.15) is 0 Å². The lowest BCUT2D eigenvalue weighted by Crippen LogP contribution is -2.30. The van der Waals surface area contributed by atoms with Crippen molar-refractivity contribution in [3.8, 4) is 0 Å². The number of hydrogen-bond acceptors (Lipinski definition) is 7. The number of rotatable bonds is 8. The summed E-state index contributed by atoms with van der Waals surface area (Å²) in [5.74, 6) is -1.78. The number of thiophene rings is 1. The summed E-state index contributed by atoms with van der Waals surface area (Å²) in [5.41, 5.74) is 7.53. The molecule has 1 heterocycles. The minimum Gasteiger partial charge on any atom is -0.449 e. The highest BCUT2D eigenvalue weighted by molar-refractivity contribution is 7.17. The number of benzene rings is 1. The fraction of sp³-hybridized carbons (Fsp3) is 0.350. The number of nitrogens with two attached hydrogens (primary N) is 1. The number of amides is 2. The van der Waals surface area contributed by atoms with Crippen LogP contribution in [-0.4, -0.2) is 42.1 Å². The molecule has 3 rings (SSSR count). The van der Waals surface area contributed by atoms with Crippen molar-refractivity contribution in [2.75, 3.05) is 23.8 Å². The molecular weight excluding hydrogens is 394 g/mol. The zero-order valence-corrected chi connectivity index (χ0v) is 16.8. The van der Waals surface area contributed by atoms with E-state index in [-0.39, 0.29) is 18.7 Å². The molecule has 1 aromatic heterocycles. The molecule has 1 aliphatic rings. The van der Waals surface area contributed by atoms with Crippen molar-refractivity contribution in [1.82, 2.24) is 0 Å². The van der Waals surface area contributed by atoms with Crippen LogP contribution in [0.1, 0.15) is 44.5 Å². The highest BCUT2D eigenvalue weighted by Crippen LogP contribution is 2.38. The fourth-order valence-corrected chi connectivity index (χ4v) is 4.55. The first-order valence-electron chi connectivity index (χ1n) is 9.32. The Morgan fingerprint density at radius 1 is 1.28 bits per heavy atom. The second-order valence-electron chi connectivity index (χ2n) is 6.66. The number of carbonyl (C=O) groups is 3. The second-order valence-corrected chi connectivity index (χ2v) is 7.76. The predicted octanol–water partition coefficient (Wildman–Crippen LogP) is 1.92. The third-order valence-electron chi connectivity index (χ3n) is 4.63. The zero-order valence-electron chi connectivity index (χ0n) is 16.0. The van der Waals surface area contributed by atoms with Crippen molar-refractivity contribution in [2.24, 2.45) is 5.73 Å². The maximum atomic E-state index is 12.6. The van der Waals surface area contributed by atoms with Crippen LogP contribution in [0, 0.1) is 0 Å². The van der Waals surface area contributed by atoms with E-state index in [0.717, 1.165) is 29.7 Å². The van der Waals surface area contributed by atoms with Crippen molar-refractivity contribution in [1.29, 1.82) is 0 Å². The number of primary amides is 1. The lowest BCUT2D eigenvalue weighted by atomic mass is 10.1. The molecule has 0 saturated heterocycles. The van der Waals surface area contributed by atoms with Crippen molar-refractivity contribution < 1.29 is 24.2 Å². The van der Waals surface area contributed by atoms with E-state index in [1.165, 1.54) is 18.3 Å². The number of ether oxygens (including phenoxy) is 1. The van der Waals surface area contributed by atoms with Gasteiger partial charge < -0.3 is 26.2 Å². The van der Waals surface area contributed by atoms with Gasteiger partial charge >= 0.3 is 5.97 Å². The van der Waals surface area contributed by atoms with Gasteiger partial charge in [-0.3, -0.25) is 9.59 Å². The van der Waals surface area contributed by atoms with Gasteiger partial charge in [0.15, 0.2) is 6.10 Å². The lowest BCUT2D eigenvalue weighted by molar-refractivity contribution is -0.123. The van der Waals surface area contributed by atoms with Crippen LogP contribution in [0.2, 0.25) is 0 Å². The predicted molar refractivity (Wildman–Crippen MR) is 110 cm³/mol. The van der Waals surface area contributed by atoms with Gasteiger partial charge in [0.05, 0.1) is 17.7 Å². The van der Waals surface area contributed by atoms with Crippen LogP contribution in [0.15, 0.2) is 24.3 Å². The van der Waals surface area contributed by atoms with E-state index in [2.05, 4.69) is 10.6 Å². The average molecular weight is 417 g/mol. The van der Waals surface area contributed by atoms with Gasteiger partial charge in [0.2, 0.25) is 0 Å². The summed E-state index contributed by atoms with van der Waals surface area (Å²) in [7, 11) is 0. The normalized spacial score (nSPS) is 13.4. The van der Waals surface area contributed by atoms with E-state index in [0.29, 0.717) is 16.3 Å². The number of hydrogen-bond donors (Lipinski definition) is 4. The van der Waals surface area contributed by atoms with Gasteiger partial charge in [-0.15, -0.1) is 11.3 Å².